The van der Waals surface area contributed by atoms with E-state index in [4.69, 9.17) is 0 Å². The summed E-state index contributed by atoms with van der Waals surface area (Å²) in [7, 11) is 0. The van der Waals surface area contributed by atoms with E-state index in [2.05, 4.69) is 5.32 Å². The van der Waals surface area contributed by atoms with Gasteiger partial charge in [0, 0.05) is 31.4 Å². The Hall–Kier alpha value is -1.69. The summed E-state index contributed by atoms with van der Waals surface area (Å²) in [6, 6.07) is 3.71. The minimum absolute atomic E-state index is 0.197. The van der Waals surface area contributed by atoms with Gasteiger partial charge in [-0.15, -0.1) is 0 Å². The summed E-state index contributed by atoms with van der Waals surface area (Å²) < 4.78 is 13.3. The van der Waals surface area contributed by atoms with E-state index in [1.54, 1.807) is 0 Å². The van der Waals surface area contributed by atoms with Gasteiger partial charge in [0.15, 0.2) is 0 Å². The molecule has 17 heavy (non-hydrogen) atoms. The maximum atomic E-state index is 13.3. The zero-order valence-corrected chi connectivity index (χ0v) is 9.36. The number of nitrogens with one attached hydrogen (secondary N) is 1. The highest BCUT2D eigenvalue weighted by Gasteiger charge is 2.15. The van der Waals surface area contributed by atoms with Crippen molar-refractivity contribution in [3.8, 4) is 0 Å². The van der Waals surface area contributed by atoms with Crippen LogP contribution in [0.15, 0.2) is 18.2 Å². The molecule has 0 spiro atoms. The summed E-state index contributed by atoms with van der Waals surface area (Å²) in [5.41, 5.74) is 0.387. The Labute approximate surface area is 98.4 Å². The smallest absolute Gasteiger partial charge is 0.274 e. The normalized spacial score (nSPS) is 16.6. The average molecular weight is 239 g/mol. The molecule has 0 aliphatic carbocycles. The van der Waals surface area contributed by atoms with Crippen LogP contribution in [0.5, 0.6) is 0 Å². The van der Waals surface area contributed by atoms with E-state index in [-0.39, 0.29) is 5.69 Å². The molecule has 5 nitrogen and oxygen atoms in total. The molecule has 1 N–H and O–H groups in total. The van der Waals surface area contributed by atoms with E-state index >= 15 is 0 Å². The Bertz CT molecular complexity index is 417. The lowest BCUT2D eigenvalue weighted by Crippen LogP contribution is -2.27. The number of rotatable bonds is 2. The molecule has 92 valence electrons. The predicted molar refractivity (Wildman–Crippen MR) is 62.8 cm³/mol. The molecule has 0 saturated carbocycles. The van der Waals surface area contributed by atoms with Crippen LogP contribution in [0.4, 0.5) is 15.8 Å². The van der Waals surface area contributed by atoms with E-state index < -0.39 is 10.7 Å². The van der Waals surface area contributed by atoms with Gasteiger partial charge in [0.1, 0.15) is 5.82 Å². The molecule has 1 heterocycles. The van der Waals surface area contributed by atoms with Gasteiger partial charge in [-0.05, 0) is 19.0 Å². The number of hydrogen-bond acceptors (Lipinski definition) is 4. The molecule has 0 radical (unpaired) electrons. The first-order valence-electron chi connectivity index (χ1n) is 5.57. The van der Waals surface area contributed by atoms with Gasteiger partial charge in [0.2, 0.25) is 0 Å². The lowest BCUT2D eigenvalue weighted by molar-refractivity contribution is -0.385. The van der Waals surface area contributed by atoms with Gasteiger partial charge in [-0.25, -0.2) is 4.39 Å². The molecule has 1 aromatic carbocycles. The first-order chi connectivity index (χ1) is 8.16. The van der Waals surface area contributed by atoms with E-state index in [9.17, 15) is 14.5 Å². The van der Waals surface area contributed by atoms with Crippen LogP contribution in [-0.2, 0) is 0 Å². The van der Waals surface area contributed by atoms with Crippen LogP contribution >= 0.6 is 0 Å². The Morgan fingerprint density at radius 3 is 2.88 bits per heavy atom. The average Bonchev–Trinajstić information content (AvgIpc) is 2.56. The Kier molecular flexibility index (Phi) is 3.53. The van der Waals surface area contributed by atoms with Gasteiger partial charge in [0.05, 0.1) is 11.0 Å². The van der Waals surface area contributed by atoms with E-state index in [0.29, 0.717) is 5.69 Å². The lowest BCUT2D eigenvalue weighted by atomic mass is 10.2. The second-order valence-corrected chi connectivity index (χ2v) is 4.02. The molecular formula is C11H14FN3O2. The summed E-state index contributed by atoms with van der Waals surface area (Å²) in [5, 5.41) is 13.9. The fraction of sp³-hybridized carbons (Fsp3) is 0.455. The molecule has 2 rings (SSSR count). The van der Waals surface area contributed by atoms with Gasteiger partial charge in [-0.1, -0.05) is 0 Å². The molecule has 1 aromatic rings. The van der Waals surface area contributed by atoms with Crippen molar-refractivity contribution in [2.75, 3.05) is 31.1 Å². The summed E-state index contributed by atoms with van der Waals surface area (Å²) in [5.74, 6) is -0.564. The largest absolute Gasteiger partial charge is 0.370 e. The molecule has 0 atom stereocenters. The van der Waals surface area contributed by atoms with Gasteiger partial charge in [-0.2, -0.15) is 0 Å². The Morgan fingerprint density at radius 2 is 2.12 bits per heavy atom. The monoisotopic (exact) mass is 239 g/mol. The summed E-state index contributed by atoms with van der Waals surface area (Å²) >= 11 is 0. The zero-order valence-electron chi connectivity index (χ0n) is 9.36. The number of non-ortho nitro benzene ring substituents is 1. The van der Waals surface area contributed by atoms with Crippen molar-refractivity contribution in [3.63, 3.8) is 0 Å². The van der Waals surface area contributed by atoms with Crippen LogP contribution in [0.3, 0.4) is 0 Å². The fourth-order valence-electron chi connectivity index (χ4n) is 1.95. The summed E-state index contributed by atoms with van der Waals surface area (Å²) in [4.78, 5) is 12.1. The van der Waals surface area contributed by atoms with Crippen molar-refractivity contribution in [2.24, 2.45) is 0 Å². The highest BCUT2D eigenvalue weighted by molar-refractivity contribution is 5.53. The van der Waals surface area contributed by atoms with Gasteiger partial charge in [-0.3, -0.25) is 10.1 Å². The Balaban J connectivity index is 2.27. The molecular weight excluding hydrogens is 225 g/mol. The third-order valence-electron chi connectivity index (χ3n) is 2.78. The second-order valence-electron chi connectivity index (χ2n) is 4.02. The maximum absolute atomic E-state index is 13.3. The van der Waals surface area contributed by atoms with Crippen LogP contribution in [-0.4, -0.2) is 31.1 Å². The number of nitro groups is 1. The number of nitro benzene ring substituents is 1. The number of benzene rings is 1. The molecule has 0 amide bonds. The minimum atomic E-state index is -0.567. The maximum Gasteiger partial charge on any atom is 0.274 e. The molecule has 0 bridgehead atoms. The van der Waals surface area contributed by atoms with Crippen molar-refractivity contribution in [2.45, 2.75) is 6.42 Å². The SMILES string of the molecule is O=[N+]([O-])c1cc(F)cc(N2CCCNCC2)c1. The van der Waals surface area contributed by atoms with Crippen LogP contribution < -0.4 is 10.2 Å². The third-order valence-corrected chi connectivity index (χ3v) is 2.78. The highest BCUT2D eigenvalue weighted by atomic mass is 19.1. The highest BCUT2D eigenvalue weighted by Crippen LogP contribution is 2.23. The molecule has 0 aromatic heterocycles. The summed E-state index contributed by atoms with van der Waals surface area (Å²) in [6.45, 7) is 3.26. The van der Waals surface area contributed by atoms with Crippen molar-refractivity contribution >= 4 is 11.4 Å². The lowest BCUT2D eigenvalue weighted by Gasteiger charge is -2.21. The van der Waals surface area contributed by atoms with Crippen LogP contribution in [0.25, 0.3) is 0 Å². The van der Waals surface area contributed by atoms with Crippen molar-refractivity contribution in [1.82, 2.24) is 5.32 Å². The standard InChI is InChI=1S/C11H14FN3O2/c12-9-6-10(8-11(7-9)15(16)17)14-4-1-2-13-3-5-14/h6-8,13H,1-5H2. The predicted octanol–water partition coefficient (Wildman–Crippen LogP) is 1.53. The van der Waals surface area contributed by atoms with E-state index in [1.165, 1.54) is 12.1 Å². The van der Waals surface area contributed by atoms with Crippen LogP contribution in [0.2, 0.25) is 0 Å². The van der Waals surface area contributed by atoms with E-state index in [0.717, 1.165) is 38.7 Å². The first-order valence-corrected chi connectivity index (χ1v) is 5.57. The number of hydrogen-bond donors (Lipinski definition) is 1. The second kappa shape index (κ2) is 5.09. The molecule has 6 heteroatoms. The minimum Gasteiger partial charge on any atom is -0.370 e. The molecule has 1 aliphatic heterocycles. The van der Waals surface area contributed by atoms with Gasteiger partial charge < -0.3 is 10.2 Å². The Morgan fingerprint density at radius 1 is 1.29 bits per heavy atom. The van der Waals surface area contributed by atoms with Crippen molar-refractivity contribution in [1.29, 1.82) is 0 Å². The molecule has 1 saturated heterocycles. The van der Waals surface area contributed by atoms with Crippen molar-refractivity contribution in [3.05, 3.63) is 34.1 Å². The molecule has 1 fully saturated rings. The van der Waals surface area contributed by atoms with Crippen LogP contribution in [0.1, 0.15) is 6.42 Å². The van der Waals surface area contributed by atoms with E-state index in [1.807, 2.05) is 4.90 Å². The number of anilines is 1. The first kappa shape index (κ1) is 11.8. The number of nitrogens with zero attached hydrogens (tertiary/aromatic N) is 2. The van der Waals surface area contributed by atoms with Crippen LogP contribution in [0, 0.1) is 15.9 Å². The quantitative estimate of drug-likeness (QED) is 0.628. The topological polar surface area (TPSA) is 58.4 Å². The van der Waals surface area contributed by atoms with Crippen molar-refractivity contribution < 1.29 is 9.31 Å². The molecule has 0 unspecified atom stereocenters. The summed E-state index contributed by atoms with van der Waals surface area (Å²) in [6.07, 6.45) is 0.949. The number of halogens is 1. The fourth-order valence-corrected chi connectivity index (χ4v) is 1.95. The molecule has 1 aliphatic rings. The van der Waals surface area contributed by atoms with Gasteiger partial charge in [0.25, 0.3) is 5.69 Å². The third kappa shape index (κ3) is 2.91. The van der Waals surface area contributed by atoms with Gasteiger partial charge >= 0.3 is 0 Å². The zero-order chi connectivity index (χ0) is 12.3.